The summed E-state index contributed by atoms with van der Waals surface area (Å²) in [7, 11) is 0. The van der Waals surface area contributed by atoms with Gasteiger partial charge in [-0.05, 0) is 39.2 Å². The third-order valence-corrected chi connectivity index (χ3v) is 2.68. The molecule has 0 aromatic carbocycles. The van der Waals surface area contributed by atoms with E-state index in [9.17, 15) is 4.79 Å². The van der Waals surface area contributed by atoms with E-state index in [1.165, 1.54) is 0 Å². The van der Waals surface area contributed by atoms with Crippen LogP contribution in [0, 0.1) is 5.92 Å². The van der Waals surface area contributed by atoms with E-state index < -0.39 is 0 Å². The Morgan fingerprint density at radius 3 is 2.93 bits per heavy atom. The maximum atomic E-state index is 11.5. The van der Waals surface area contributed by atoms with Gasteiger partial charge in [-0.3, -0.25) is 9.69 Å². The van der Waals surface area contributed by atoms with Crippen LogP contribution < -0.4 is 5.32 Å². The van der Waals surface area contributed by atoms with Gasteiger partial charge >= 0.3 is 0 Å². The zero-order valence-electron chi connectivity index (χ0n) is 9.70. The monoisotopic (exact) mass is 214 g/mol. The fraction of sp³-hybridized carbons (Fsp3) is 0.909. The predicted octanol–water partition coefficient (Wildman–Crippen LogP) is 0.215. The Kier molecular flexibility index (Phi) is 5.05. The van der Waals surface area contributed by atoms with Crippen molar-refractivity contribution in [3.05, 3.63) is 0 Å². The molecule has 0 saturated carbocycles. The van der Waals surface area contributed by atoms with Crippen molar-refractivity contribution in [1.82, 2.24) is 10.2 Å². The van der Waals surface area contributed by atoms with Gasteiger partial charge in [0.2, 0.25) is 5.91 Å². The molecule has 4 nitrogen and oxygen atoms in total. The molecule has 0 bridgehead atoms. The number of aliphatic hydroxyl groups excluding tert-OH is 1. The van der Waals surface area contributed by atoms with Gasteiger partial charge in [0.15, 0.2) is 0 Å². The first kappa shape index (κ1) is 12.5. The molecule has 88 valence electrons. The van der Waals surface area contributed by atoms with Gasteiger partial charge < -0.3 is 10.4 Å². The number of nitrogens with zero attached hydrogens (tertiary/aromatic N) is 1. The maximum Gasteiger partial charge on any atom is 0.234 e. The van der Waals surface area contributed by atoms with E-state index >= 15 is 0 Å². The Morgan fingerprint density at radius 2 is 2.33 bits per heavy atom. The number of amides is 1. The van der Waals surface area contributed by atoms with Crippen molar-refractivity contribution in [2.75, 3.05) is 26.2 Å². The molecule has 1 saturated heterocycles. The summed E-state index contributed by atoms with van der Waals surface area (Å²) in [5, 5.41) is 11.9. The number of hydrogen-bond donors (Lipinski definition) is 2. The minimum atomic E-state index is 0.0867. The molecule has 4 heteroatoms. The molecule has 1 amide bonds. The van der Waals surface area contributed by atoms with E-state index in [-0.39, 0.29) is 18.6 Å². The number of rotatable bonds is 4. The molecular weight excluding hydrogens is 192 g/mol. The fourth-order valence-electron chi connectivity index (χ4n) is 2.01. The molecule has 1 aliphatic rings. The minimum Gasteiger partial charge on any atom is -0.396 e. The van der Waals surface area contributed by atoms with E-state index in [1.54, 1.807) is 0 Å². The van der Waals surface area contributed by atoms with Gasteiger partial charge in [-0.2, -0.15) is 0 Å². The summed E-state index contributed by atoms with van der Waals surface area (Å²) in [6.07, 6.45) is 2.17. The lowest BCUT2D eigenvalue weighted by Crippen LogP contribution is -2.44. The number of hydrogen-bond acceptors (Lipinski definition) is 3. The smallest absolute Gasteiger partial charge is 0.234 e. The van der Waals surface area contributed by atoms with E-state index in [0.717, 1.165) is 25.9 Å². The lowest BCUT2D eigenvalue weighted by Gasteiger charge is -2.31. The number of piperidine rings is 1. The van der Waals surface area contributed by atoms with Crippen LogP contribution >= 0.6 is 0 Å². The summed E-state index contributed by atoms with van der Waals surface area (Å²) < 4.78 is 0. The Morgan fingerprint density at radius 1 is 1.60 bits per heavy atom. The Labute approximate surface area is 91.6 Å². The number of aliphatic hydroxyl groups is 1. The van der Waals surface area contributed by atoms with E-state index in [0.29, 0.717) is 12.5 Å². The van der Waals surface area contributed by atoms with Crippen LogP contribution in [0.25, 0.3) is 0 Å². The molecule has 0 unspecified atom stereocenters. The zero-order valence-corrected chi connectivity index (χ0v) is 9.70. The standard InChI is InChI=1S/C11H22N2O2/c1-9(2)12-11(15)7-13-5-3-4-10(6-13)8-14/h9-10,14H,3-8H2,1-2H3,(H,12,15)/t10-/m0/s1. The second-order valence-corrected chi connectivity index (χ2v) is 4.65. The average molecular weight is 214 g/mol. The number of carbonyl (C=O) groups is 1. The predicted molar refractivity (Wildman–Crippen MR) is 59.5 cm³/mol. The van der Waals surface area contributed by atoms with Gasteiger partial charge in [0.1, 0.15) is 0 Å². The van der Waals surface area contributed by atoms with Crippen LogP contribution in [0.15, 0.2) is 0 Å². The molecule has 0 spiro atoms. The highest BCUT2D eigenvalue weighted by molar-refractivity contribution is 5.78. The number of nitrogens with one attached hydrogen (secondary N) is 1. The Balaban J connectivity index is 2.28. The van der Waals surface area contributed by atoms with Crippen molar-refractivity contribution in [2.45, 2.75) is 32.7 Å². The first-order valence-corrected chi connectivity index (χ1v) is 5.74. The third-order valence-electron chi connectivity index (χ3n) is 2.68. The van der Waals surface area contributed by atoms with Crippen molar-refractivity contribution in [1.29, 1.82) is 0 Å². The zero-order chi connectivity index (χ0) is 11.3. The summed E-state index contributed by atoms with van der Waals surface area (Å²) in [5.74, 6) is 0.439. The molecule has 1 fully saturated rings. The molecule has 0 aromatic heterocycles. The summed E-state index contributed by atoms with van der Waals surface area (Å²) in [6.45, 7) is 6.45. The van der Waals surface area contributed by atoms with Crippen molar-refractivity contribution in [3.63, 3.8) is 0 Å². The van der Waals surface area contributed by atoms with Crippen LogP contribution in [0.3, 0.4) is 0 Å². The van der Waals surface area contributed by atoms with Crippen LogP contribution in [0.1, 0.15) is 26.7 Å². The second kappa shape index (κ2) is 6.08. The van der Waals surface area contributed by atoms with Crippen molar-refractivity contribution in [2.24, 2.45) is 5.92 Å². The lowest BCUT2D eigenvalue weighted by molar-refractivity contribution is -0.123. The van der Waals surface area contributed by atoms with Crippen LogP contribution in [0.4, 0.5) is 0 Å². The van der Waals surface area contributed by atoms with Gasteiger partial charge in [0.25, 0.3) is 0 Å². The second-order valence-electron chi connectivity index (χ2n) is 4.65. The molecular formula is C11H22N2O2. The molecule has 0 radical (unpaired) electrons. The van der Waals surface area contributed by atoms with Crippen LogP contribution in [0.2, 0.25) is 0 Å². The van der Waals surface area contributed by atoms with Gasteiger partial charge in [-0.15, -0.1) is 0 Å². The summed E-state index contributed by atoms with van der Waals surface area (Å²) in [4.78, 5) is 13.6. The normalized spacial score (nSPS) is 23.1. The minimum absolute atomic E-state index is 0.0867. The van der Waals surface area contributed by atoms with Crippen molar-refractivity contribution < 1.29 is 9.90 Å². The lowest BCUT2D eigenvalue weighted by atomic mass is 9.99. The largest absolute Gasteiger partial charge is 0.396 e. The van der Waals surface area contributed by atoms with Gasteiger partial charge in [0, 0.05) is 19.2 Å². The highest BCUT2D eigenvalue weighted by atomic mass is 16.3. The highest BCUT2D eigenvalue weighted by Crippen LogP contribution is 2.14. The molecule has 1 rings (SSSR count). The SMILES string of the molecule is CC(C)NC(=O)CN1CCC[C@H](CO)C1. The Hall–Kier alpha value is -0.610. The van der Waals surface area contributed by atoms with Crippen LogP contribution in [0.5, 0.6) is 0 Å². The number of carbonyl (C=O) groups excluding carboxylic acids is 1. The van der Waals surface area contributed by atoms with E-state index in [2.05, 4.69) is 10.2 Å². The Bertz CT molecular complexity index is 207. The first-order valence-electron chi connectivity index (χ1n) is 5.74. The van der Waals surface area contributed by atoms with Crippen molar-refractivity contribution in [3.8, 4) is 0 Å². The summed E-state index contributed by atoms with van der Waals surface area (Å²) in [5.41, 5.74) is 0. The van der Waals surface area contributed by atoms with E-state index in [4.69, 9.17) is 5.11 Å². The maximum absolute atomic E-state index is 11.5. The highest BCUT2D eigenvalue weighted by Gasteiger charge is 2.20. The summed E-state index contributed by atoms with van der Waals surface area (Å²) >= 11 is 0. The molecule has 2 N–H and O–H groups in total. The van der Waals surface area contributed by atoms with Crippen LogP contribution in [-0.2, 0) is 4.79 Å². The fourth-order valence-corrected chi connectivity index (χ4v) is 2.01. The number of likely N-dealkylation sites (tertiary alicyclic amines) is 1. The average Bonchev–Trinajstić information content (AvgIpc) is 2.16. The van der Waals surface area contributed by atoms with Gasteiger partial charge in [-0.25, -0.2) is 0 Å². The molecule has 0 aromatic rings. The van der Waals surface area contributed by atoms with Crippen molar-refractivity contribution >= 4 is 5.91 Å². The first-order chi connectivity index (χ1) is 7.11. The molecule has 1 aliphatic heterocycles. The topological polar surface area (TPSA) is 52.6 Å². The van der Waals surface area contributed by atoms with Gasteiger partial charge in [0.05, 0.1) is 6.54 Å². The van der Waals surface area contributed by atoms with Gasteiger partial charge in [-0.1, -0.05) is 0 Å². The summed E-state index contributed by atoms with van der Waals surface area (Å²) in [6, 6.07) is 0.205. The third kappa shape index (κ3) is 4.62. The molecule has 1 heterocycles. The van der Waals surface area contributed by atoms with E-state index in [1.807, 2.05) is 13.8 Å². The molecule has 15 heavy (non-hydrogen) atoms. The quantitative estimate of drug-likeness (QED) is 0.703. The van der Waals surface area contributed by atoms with Crippen LogP contribution in [-0.4, -0.2) is 48.2 Å². The molecule has 1 atom stereocenters. The molecule has 0 aliphatic carbocycles.